The van der Waals surface area contributed by atoms with Crippen LogP contribution in [0, 0.1) is 0 Å². The summed E-state index contributed by atoms with van der Waals surface area (Å²) in [4.78, 5) is 4.47. The van der Waals surface area contributed by atoms with E-state index in [-0.39, 0.29) is 0 Å². The third-order valence-electron chi connectivity index (χ3n) is 2.65. The number of aryl methyl sites for hydroxylation is 1. The molecule has 0 aliphatic rings. The van der Waals surface area contributed by atoms with Gasteiger partial charge in [-0.1, -0.05) is 18.2 Å². The highest BCUT2D eigenvalue weighted by atomic mass is 79.9. The Morgan fingerprint density at radius 1 is 1.31 bits per heavy atom. The number of fused-ring (bicyclic) bond motifs is 1. The van der Waals surface area contributed by atoms with Crippen LogP contribution in [0.1, 0.15) is 0 Å². The maximum atomic E-state index is 4.47. The van der Waals surface area contributed by atoms with Gasteiger partial charge in [0.2, 0.25) is 0 Å². The summed E-state index contributed by atoms with van der Waals surface area (Å²) in [6, 6.07) is 8.38. The number of aromatic nitrogens is 2. The summed E-state index contributed by atoms with van der Waals surface area (Å²) in [6.45, 7) is 0. The molecule has 0 bridgehead atoms. The van der Waals surface area contributed by atoms with Gasteiger partial charge in [-0.25, -0.2) is 4.98 Å². The lowest BCUT2D eigenvalue weighted by Gasteiger charge is -1.93. The Kier molecular flexibility index (Phi) is 2.33. The maximum absolute atomic E-state index is 4.47. The third kappa shape index (κ3) is 1.49. The summed E-state index contributed by atoms with van der Waals surface area (Å²) >= 11 is 5.01. The second-order valence-corrected chi connectivity index (χ2v) is 5.79. The zero-order valence-electron chi connectivity index (χ0n) is 8.64. The van der Waals surface area contributed by atoms with Crippen LogP contribution in [0.15, 0.2) is 39.8 Å². The largest absolute Gasteiger partial charge is 0.350 e. The Balaban J connectivity index is 2.32. The summed E-state index contributed by atoms with van der Waals surface area (Å²) < 4.78 is 3.06. The summed E-state index contributed by atoms with van der Waals surface area (Å²) in [5, 5.41) is 3.33. The molecule has 0 saturated heterocycles. The molecular weight excluding hydrogens is 284 g/mol. The molecule has 0 unspecified atom stereocenters. The molecule has 0 atom stereocenters. The highest BCUT2D eigenvalue weighted by molar-refractivity contribution is 9.11. The number of rotatable bonds is 1. The fraction of sp³-hybridized carbons (Fsp3) is 0.0833. The normalized spacial score (nSPS) is 11.1. The molecule has 2 heterocycles. The summed E-state index contributed by atoms with van der Waals surface area (Å²) in [5.74, 6) is 0. The Bertz CT molecular complexity index is 654. The van der Waals surface area contributed by atoms with E-state index in [0.717, 1.165) is 9.61 Å². The van der Waals surface area contributed by atoms with Gasteiger partial charge in [-0.2, -0.15) is 0 Å². The molecule has 16 heavy (non-hydrogen) atoms. The predicted molar refractivity (Wildman–Crippen MR) is 71.7 cm³/mol. The van der Waals surface area contributed by atoms with E-state index in [9.17, 15) is 0 Å². The Morgan fingerprint density at radius 3 is 2.88 bits per heavy atom. The predicted octanol–water partition coefficient (Wildman–Crippen LogP) is 4.06. The number of halogens is 1. The molecule has 0 radical (unpaired) electrons. The van der Waals surface area contributed by atoms with Crippen LogP contribution in [-0.4, -0.2) is 9.55 Å². The molecule has 0 aliphatic heterocycles. The van der Waals surface area contributed by atoms with Crippen molar-refractivity contribution in [3.05, 3.63) is 39.8 Å². The van der Waals surface area contributed by atoms with E-state index >= 15 is 0 Å². The molecule has 1 aromatic carbocycles. The Labute approximate surface area is 106 Å². The van der Waals surface area contributed by atoms with Gasteiger partial charge < -0.3 is 4.57 Å². The highest BCUT2D eigenvalue weighted by Crippen LogP contribution is 2.31. The van der Waals surface area contributed by atoms with Crippen LogP contribution in [0.3, 0.4) is 0 Å². The first-order valence-corrected chi connectivity index (χ1v) is 6.58. The van der Waals surface area contributed by atoms with Crippen molar-refractivity contribution in [3.63, 3.8) is 0 Å². The number of hydrogen-bond donors (Lipinski definition) is 0. The van der Waals surface area contributed by atoms with E-state index in [2.05, 4.69) is 68.4 Å². The Morgan fingerprint density at radius 2 is 2.12 bits per heavy atom. The van der Waals surface area contributed by atoms with Crippen LogP contribution in [0.2, 0.25) is 0 Å². The van der Waals surface area contributed by atoms with Crippen molar-refractivity contribution in [3.8, 4) is 11.3 Å². The molecule has 0 saturated carbocycles. The van der Waals surface area contributed by atoms with Crippen molar-refractivity contribution in [2.24, 2.45) is 7.05 Å². The molecule has 3 aromatic rings. The molecule has 3 rings (SSSR count). The molecule has 0 N–H and O–H groups in total. The number of para-hydroxylation sites is 1. The molecule has 4 heteroatoms. The molecule has 0 aliphatic carbocycles. The minimum atomic E-state index is 0.926. The van der Waals surface area contributed by atoms with Gasteiger partial charge in [-0.15, -0.1) is 11.3 Å². The molecule has 0 amide bonds. The monoisotopic (exact) mass is 292 g/mol. The minimum Gasteiger partial charge on any atom is -0.350 e. The van der Waals surface area contributed by atoms with Crippen molar-refractivity contribution < 1.29 is 0 Å². The molecule has 0 fully saturated rings. The van der Waals surface area contributed by atoms with Crippen molar-refractivity contribution in [2.45, 2.75) is 0 Å². The van der Waals surface area contributed by atoms with E-state index in [1.54, 1.807) is 11.3 Å². The summed E-state index contributed by atoms with van der Waals surface area (Å²) in [6.07, 6.45) is 2.13. The second-order valence-electron chi connectivity index (χ2n) is 3.66. The zero-order chi connectivity index (χ0) is 11.1. The van der Waals surface area contributed by atoms with E-state index in [4.69, 9.17) is 0 Å². The average molecular weight is 293 g/mol. The first kappa shape index (κ1) is 10.1. The van der Waals surface area contributed by atoms with Crippen molar-refractivity contribution in [1.29, 1.82) is 0 Å². The SMILES string of the molecule is Cn1cc(-c2csc(Br)n2)c2ccccc21. The molecule has 80 valence electrons. The summed E-state index contributed by atoms with van der Waals surface area (Å²) in [5.41, 5.74) is 3.47. The van der Waals surface area contributed by atoms with Gasteiger partial charge in [0, 0.05) is 35.1 Å². The van der Waals surface area contributed by atoms with Crippen LogP contribution >= 0.6 is 27.3 Å². The van der Waals surface area contributed by atoms with Crippen molar-refractivity contribution >= 4 is 38.2 Å². The van der Waals surface area contributed by atoms with Gasteiger partial charge >= 0.3 is 0 Å². The fourth-order valence-electron chi connectivity index (χ4n) is 1.92. The minimum absolute atomic E-state index is 0.926. The Hall–Kier alpha value is -1.13. The lowest BCUT2D eigenvalue weighted by Crippen LogP contribution is -1.81. The number of hydrogen-bond acceptors (Lipinski definition) is 2. The molecule has 0 spiro atoms. The summed E-state index contributed by atoms with van der Waals surface area (Å²) in [7, 11) is 2.06. The third-order valence-corrected chi connectivity index (χ3v) is 4.01. The van der Waals surface area contributed by atoms with E-state index in [1.165, 1.54) is 16.5 Å². The fourth-order valence-corrected chi connectivity index (χ4v) is 2.93. The average Bonchev–Trinajstić information content (AvgIpc) is 2.84. The van der Waals surface area contributed by atoms with Crippen LogP contribution in [0.25, 0.3) is 22.2 Å². The number of thiazole rings is 1. The van der Waals surface area contributed by atoms with Crippen LogP contribution in [-0.2, 0) is 7.05 Å². The van der Waals surface area contributed by atoms with Crippen molar-refractivity contribution in [1.82, 2.24) is 9.55 Å². The standard InChI is InChI=1S/C12H9BrN2S/c1-15-6-9(10-7-16-12(13)14-10)8-4-2-3-5-11(8)15/h2-7H,1H3. The highest BCUT2D eigenvalue weighted by Gasteiger charge is 2.10. The number of benzene rings is 1. The van der Waals surface area contributed by atoms with Crippen molar-refractivity contribution in [2.75, 3.05) is 0 Å². The smallest absolute Gasteiger partial charge is 0.159 e. The lowest BCUT2D eigenvalue weighted by atomic mass is 10.1. The first-order chi connectivity index (χ1) is 7.75. The van der Waals surface area contributed by atoms with Gasteiger partial charge in [0.25, 0.3) is 0 Å². The van der Waals surface area contributed by atoms with Crippen LogP contribution in [0.4, 0.5) is 0 Å². The molecule has 2 nitrogen and oxygen atoms in total. The van der Waals surface area contributed by atoms with Gasteiger partial charge in [0.1, 0.15) is 0 Å². The van der Waals surface area contributed by atoms with Gasteiger partial charge in [0.15, 0.2) is 3.92 Å². The van der Waals surface area contributed by atoms with E-state index < -0.39 is 0 Å². The van der Waals surface area contributed by atoms with Crippen LogP contribution < -0.4 is 0 Å². The van der Waals surface area contributed by atoms with Crippen LogP contribution in [0.5, 0.6) is 0 Å². The van der Waals surface area contributed by atoms with E-state index in [1.807, 2.05) is 0 Å². The second kappa shape index (κ2) is 3.71. The quantitative estimate of drug-likeness (QED) is 0.661. The zero-order valence-corrected chi connectivity index (χ0v) is 11.0. The molecule has 2 aromatic heterocycles. The molecular formula is C12H9BrN2S. The van der Waals surface area contributed by atoms with Gasteiger partial charge in [-0.05, 0) is 22.0 Å². The topological polar surface area (TPSA) is 17.8 Å². The lowest BCUT2D eigenvalue weighted by molar-refractivity contribution is 0.969. The maximum Gasteiger partial charge on any atom is 0.159 e. The first-order valence-electron chi connectivity index (χ1n) is 4.91. The number of nitrogens with zero attached hydrogens (tertiary/aromatic N) is 2. The van der Waals surface area contributed by atoms with E-state index in [0.29, 0.717) is 0 Å². The van der Waals surface area contributed by atoms with Gasteiger partial charge in [0.05, 0.1) is 5.69 Å². The van der Waals surface area contributed by atoms with Gasteiger partial charge in [-0.3, -0.25) is 0 Å².